The summed E-state index contributed by atoms with van der Waals surface area (Å²) in [6.07, 6.45) is 0.721. The number of carbonyl (C=O) groups excluding carboxylic acids is 2. The van der Waals surface area contributed by atoms with Gasteiger partial charge in [-0.2, -0.15) is 0 Å². The van der Waals surface area contributed by atoms with Crippen molar-refractivity contribution in [3.05, 3.63) is 35.9 Å². The average molecular weight is 261 g/mol. The zero-order chi connectivity index (χ0) is 13.8. The van der Waals surface area contributed by atoms with Crippen molar-refractivity contribution in [1.29, 1.82) is 0 Å². The van der Waals surface area contributed by atoms with Crippen LogP contribution in [0.4, 0.5) is 0 Å². The van der Waals surface area contributed by atoms with Crippen molar-refractivity contribution in [3.8, 4) is 0 Å². The number of nitrogens with zero attached hydrogens (tertiary/aromatic N) is 1. The summed E-state index contributed by atoms with van der Waals surface area (Å²) in [5.74, 6) is -1.05. The van der Waals surface area contributed by atoms with E-state index in [1.165, 1.54) is 7.11 Å². The van der Waals surface area contributed by atoms with E-state index in [0.717, 1.165) is 12.0 Å². The molecule has 4 heteroatoms. The van der Waals surface area contributed by atoms with Crippen LogP contribution < -0.4 is 0 Å². The molecule has 1 aliphatic heterocycles. The lowest BCUT2D eigenvalue weighted by molar-refractivity contribution is -0.147. The second-order valence-electron chi connectivity index (χ2n) is 4.82. The number of methoxy groups -OCH3 is 1. The number of ketones is 1. The molecular formula is C15H19NO3. The number of Topliss-reactive ketones (excluding diaryl/α,β-unsaturated/α-hetero) is 1. The van der Waals surface area contributed by atoms with Gasteiger partial charge in [-0.05, 0) is 12.0 Å². The minimum Gasteiger partial charge on any atom is -0.468 e. The molecule has 4 nitrogen and oxygen atoms in total. The van der Waals surface area contributed by atoms with Gasteiger partial charge in [0.1, 0.15) is 5.92 Å². The smallest absolute Gasteiger partial charge is 0.317 e. The van der Waals surface area contributed by atoms with Crippen molar-refractivity contribution in [2.45, 2.75) is 25.9 Å². The third-order valence-electron chi connectivity index (χ3n) is 3.63. The summed E-state index contributed by atoms with van der Waals surface area (Å²) in [5, 5.41) is 0. The normalized spacial score (nSPS) is 23.6. The van der Waals surface area contributed by atoms with Crippen LogP contribution in [-0.4, -0.2) is 36.3 Å². The Labute approximate surface area is 113 Å². The highest BCUT2D eigenvalue weighted by Gasteiger charge is 2.43. The van der Waals surface area contributed by atoms with E-state index in [1.807, 2.05) is 37.3 Å². The first-order valence-corrected chi connectivity index (χ1v) is 6.57. The molecule has 0 spiro atoms. The Balaban J connectivity index is 2.12. The molecule has 0 amide bonds. The summed E-state index contributed by atoms with van der Waals surface area (Å²) >= 11 is 0. The van der Waals surface area contributed by atoms with Gasteiger partial charge in [-0.1, -0.05) is 37.3 Å². The average Bonchev–Trinajstić information content (AvgIpc) is 2.75. The molecule has 0 aromatic heterocycles. The van der Waals surface area contributed by atoms with Crippen molar-refractivity contribution in [2.75, 3.05) is 13.7 Å². The van der Waals surface area contributed by atoms with Gasteiger partial charge in [0.15, 0.2) is 5.78 Å². The van der Waals surface area contributed by atoms with Crippen molar-refractivity contribution in [1.82, 2.24) is 4.90 Å². The van der Waals surface area contributed by atoms with E-state index in [0.29, 0.717) is 13.1 Å². The van der Waals surface area contributed by atoms with E-state index in [-0.39, 0.29) is 11.8 Å². The molecule has 0 saturated carbocycles. The van der Waals surface area contributed by atoms with Crippen molar-refractivity contribution in [3.63, 3.8) is 0 Å². The quantitative estimate of drug-likeness (QED) is 0.610. The third-order valence-corrected chi connectivity index (χ3v) is 3.63. The van der Waals surface area contributed by atoms with Gasteiger partial charge < -0.3 is 4.74 Å². The highest BCUT2D eigenvalue weighted by atomic mass is 16.5. The van der Waals surface area contributed by atoms with E-state index >= 15 is 0 Å². The van der Waals surface area contributed by atoms with Gasteiger partial charge in [0.05, 0.1) is 13.2 Å². The zero-order valence-electron chi connectivity index (χ0n) is 11.3. The highest BCUT2D eigenvalue weighted by molar-refractivity contribution is 6.03. The fourth-order valence-corrected chi connectivity index (χ4v) is 2.65. The molecule has 2 atom stereocenters. The number of ether oxygens (including phenoxy) is 1. The zero-order valence-corrected chi connectivity index (χ0v) is 11.3. The number of hydrogen-bond acceptors (Lipinski definition) is 4. The number of likely N-dealkylation sites (tertiary alicyclic amines) is 1. The van der Waals surface area contributed by atoms with E-state index in [4.69, 9.17) is 4.74 Å². The highest BCUT2D eigenvalue weighted by Crippen LogP contribution is 2.24. The molecular weight excluding hydrogens is 242 g/mol. The van der Waals surface area contributed by atoms with Crippen LogP contribution in [0.25, 0.3) is 0 Å². The number of carbonyl (C=O) groups is 2. The summed E-state index contributed by atoms with van der Waals surface area (Å²) in [4.78, 5) is 25.9. The summed E-state index contributed by atoms with van der Waals surface area (Å²) in [6.45, 7) is 3.12. The van der Waals surface area contributed by atoms with Gasteiger partial charge in [-0.15, -0.1) is 0 Å². The molecule has 2 rings (SSSR count). The molecule has 19 heavy (non-hydrogen) atoms. The van der Waals surface area contributed by atoms with Crippen LogP contribution in [0, 0.1) is 5.92 Å². The lowest BCUT2D eigenvalue weighted by Crippen LogP contribution is -2.32. The first kappa shape index (κ1) is 13.7. The second kappa shape index (κ2) is 5.97. The summed E-state index contributed by atoms with van der Waals surface area (Å²) in [7, 11) is 1.33. The molecule has 1 heterocycles. The fraction of sp³-hybridized carbons (Fsp3) is 0.467. The largest absolute Gasteiger partial charge is 0.468 e. The van der Waals surface area contributed by atoms with Crippen LogP contribution in [0.5, 0.6) is 0 Å². The molecule has 1 aliphatic rings. The van der Waals surface area contributed by atoms with Gasteiger partial charge in [0.2, 0.25) is 0 Å². The molecule has 1 fully saturated rings. The Morgan fingerprint density at radius 3 is 2.63 bits per heavy atom. The molecule has 0 bridgehead atoms. The number of esters is 1. The van der Waals surface area contributed by atoms with Crippen LogP contribution in [0.2, 0.25) is 0 Å². The SMILES string of the molecule is CCC1C(=O)C(C(=O)OC)CN1Cc1ccccc1. The Hall–Kier alpha value is -1.68. The van der Waals surface area contributed by atoms with Crippen molar-refractivity contribution >= 4 is 11.8 Å². The summed E-state index contributed by atoms with van der Waals surface area (Å²) in [5.41, 5.74) is 1.15. The predicted molar refractivity (Wildman–Crippen MR) is 71.4 cm³/mol. The standard InChI is InChI=1S/C15H19NO3/c1-3-13-14(17)12(15(18)19-2)10-16(13)9-11-7-5-4-6-8-11/h4-8,12-13H,3,9-10H2,1-2H3. The molecule has 102 valence electrons. The maximum Gasteiger partial charge on any atom is 0.317 e. The van der Waals surface area contributed by atoms with Crippen molar-refractivity contribution in [2.24, 2.45) is 5.92 Å². The summed E-state index contributed by atoms with van der Waals surface area (Å²) < 4.78 is 4.71. The summed E-state index contributed by atoms with van der Waals surface area (Å²) in [6, 6.07) is 9.81. The lowest BCUT2D eigenvalue weighted by Gasteiger charge is -2.21. The first-order valence-electron chi connectivity index (χ1n) is 6.57. The molecule has 0 N–H and O–H groups in total. The van der Waals surface area contributed by atoms with Crippen molar-refractivity contribution < 1.29 is 14.3 Å². The molecule has 0 radical (unpaired) electrons. The van der Waals surface area contributed by atoms with Gasteiger partial charge in [-0.25, -0.2) is 0 Å². The maximum absolute atomic E-state index is 12.2. The third kappa shape index (κ3) is 2.84. The maximum atomic E-state index is 12.2. The van der Waals surface area contributed by atoms with E-state index in [9.17, 15) is 9.59 Å². The Kier molecular flexibility index (Phi) is 4.32. The predicted octanol–water partition coefficient (Wildman–Crippen LogP) is 1.64. The Morgan fingerprint density at radius 1 is 1.37 bits per heavy atom. The Bertz CT molecular complexity index is 458. The molecule has 2 unspecified atom stereocenters. The minimum atomic E-state index is -0.626. The second-order valence-corrected chi connectivity index (χ2v) is 4.82. The number of benzene rings is 1. The van der Waals surface area contributed by atoms with E-state index < -0.39 is 11.9 Å². The van der Waals surface area contributed by atoms with Crippen LogP contribution >= 0.6 is 0 Å². The van der Waals surface area contributed by atoms with Crippen LogP contribution in [0.15, 0.2) is 30.3 Å². The first-order chi connectivity index (χ1) is 9.17. The number of rotatable bonds is 4. The molecule has 1 saturated heterocycles. The molecule has 1 aromatic carbocycles. The topological polar surface area (TPSA) is 46.6 Å². The van der Waals surface area contributed by atoms with Gasteiger partial charge in [-0.3, -0.25) is 14.5 Å². The minimum absolute atomic E-state index is 0.00900. The Morgan fingerprint density at radius 2 is 2.05 bits per heavy atom. The monoisotopic (exact) mass is 261 g/mol. The molecule has 0 aliphatic carbocycles. The lowest BCUT2D eigenvalue weighted by atomic mass is 10.0. The van der Waals surface area contributed by atoms with E-state index in [2.05, 4.69) is 4.90 Å². The number of hydrogen-bond donors (Lipinski definition) is 0. The van der Waals surface area contributed by atoms with Crippen LogP contribution in [0.1, 0.15) is 18.9 Å². The molecule has 1 aromatic rings. The fourth-order valence-electron chi connectivity index (χ4n) is 2.65. The van der Waals surface area contributed by atoms with Crippen LogP contribution in [0.3, 0.4) is 0 Å². The van der Waals surface area contributed by atoms with Gasteiger partial charge in [0, 0.05) is 13.1 Å². The van der Waals surface area contributed by atoms with Gasteiger partial charge in [0.25, 0.3) is 0 Å². The van der Waals surface area contributed by atoms with Crippen LogP contribution in [-0.2, 0) is 20.9 Å². The van der Waals surface area contributed by atoms with E-state index in [1.54, 1.807) is 0 Å². The van der Waals surface area contributed by atoms with Gasteiger partial charge >= 0.3 is 5.97 Å².